The number of hydrogen-bond donors (Lipinski definition) is 2. The van der Waals surface area contributed by atoms with Gasteiger partial charge in [0.2, 0.25) is 11.2 Å². The van der Waals surface area contributed by atoms with Gasteiger partial charge >= 0.3 is 0 Å². The van der Waals surface area contributed by atoms with E-state index >= 15 is 0 Å². The van der Waals surface area contributed by atoms with E-state index in [-0.39, 0.29) is 17.4 Å². The van der Waals surface area contributed by atoms with Gasteiger partial charge in [0.05, 0.1) is 10.6 Å². The van der Waals surface area contributed by atoms with Crippen LogP contribution in [0.15, 0.2) is 4.90 Å². The molecule has 1 aromatic rings. The van der Waals surface area contributed by atoms with Crippen molar-refractivity contribution >= 4 is 35.1 Å². The van der Waals surface area contributed by atoms with Crippen LogP contribution in [-0.4, -0.2) is 34.2 Å². The van der Waals surface area contributed by atoms with Gasteiger partial charge in [0, 0.05) is 30.2 Å². The number of nitrogens with one attached hydrogen (secondary N) is 2. The monoisotopic (exact) mass is 354 g/mol. The molecule has 2 heterocycles. The molecule has 1 aliphatic carbocycles. The number of rotatable bonds is 5. The van der Waals surface area contributed by atoms with E-state index in [2.05, 4.69) is 20.6 Å². The van der Waals surface area contributed by atoms with Crippen molar-refractivity contribution in [3.05, 3.63) is 11.0 Å². The fourth-order valence-corrected chi connectivity index (χ4v) is 3.85. The summed E-state index contributed by atoms with van der Waals surface area (Å²) in [5.41, 5.74) is 0.662. The summed E-state index contributed by atoms with van der Waals surface area (Å²) < 4.78 is 0. The average molecular weight is 355 g/mol. The van der Waals surface area contributed by atoms with Crippen molar-refractivity contribution in [2.45, 2.75) is 51.0 Å². The fourth-order valence-electron chi connectivity index (χ4n) is 2.61. The molecule has 0 radical (unpaired) electrons. The first-order valence-electron chi connectivity index (χ1n) is 8.08. The molecule has 5 nitrogen and oxygen atoms in total. The van der Waals surface area contributed by atoms with E-state index in [0.29, 0.717) is 17.7 Å². The van der Waals surface area contributed by atoms with Crippen LogP contribution >= 0.6 is 23.4 Å². The number of halogens is 1. The number of aromatic nitrogens is 2. The van der Waals surface area contributed by atoms with E-state index in [1.165, 1.54) is 12.8 Å². The topological polar surface area (TPSA) is 66.9 Å². The lowest BCUT2D eigenvalue weighted by Gasteiger charge is -2.24. The fraction of sp³-hybridized carbons (Fsp3) is 0.688. The van der Waals surface area contributed by atoms with Gasteiger partial charge in [0.15, 0.2) is 0 Å². The lowest BCUT2D eigenvalue weighted by Crippen LogP contribution is -2.42. The highest BCUT2D eigenvalue weighted by Gasteiger charge is 2.34. The Morgan fingerprint density at radius 1 is 1.39 bits per heavy atom. The van der Waals surface area contributed by atoms with Crippen LogP contribution in [-0.2, 0) is 11.2 Å². The maximum Gasteiger partial charge on any atom is 0.225 e. The van der Waals surface area contributed by atoms with Crippen molar-refractivity contribution in [3.63, 3.8) is 0 Å². The van der Waals surface area contributed by atoms with Crippen molar-refractivity contribution < 1.29 is 4.79 Å². The first kappa shape index (κ1) is 16.8. The zero-order valence-electron chi connectivity index (χ0n) is 13.8. The summed E-state index contributed by atoms with van der Waals surface area (Å²) in [7, 11) is 0. The zero-order chi connectivity index (χ0) is 16.6. The van der Waals surface area contributed by atoms with Crippen LogP contribution in [0.5, 0.6) is 0 Å². The molecule has 0 saturated heterocycles. The predicted molar refractivity (Wildman–Crippen MR) is 94.1 cm³/mol. The minimum atomic E-state index is -0.372. The smallest absolute Gasteiger partial charge is 0.225 e. The molecule has 1 aromatic heterocycles. The Morgan fingerprint density at radius 2 is 2.13 bits per heavy atom. The van der Waals surface area contributed by atoms with Gasteiger partial charge in [-0.15, -0.1) is 11.8 Å². The molecule has 2 N–H and O–H groups in total. The van der Waals surface area contributed by atoms with Crippen molar-refractivity contribution in [3.8, 4) is 0 Å². The van der Waals surface area contributed by atoms with E-state index in [1.807, 2.05) is 20.8 Å². The zero-order valence-corrected chi connectivity index (χ0v) is 15.4. The van der Waals surface area contributed by atoms with Crippen LogP contribution in [0.1, 0.15) is 39.3 Å². The van der Waals surface area contributed by atoms with E-state index in [1.54, 1.807) is 11.8 Å². The molecule has 1 aliphatic heterocycles. The molecule has 1 saturated carbocycles. The number of nitrogens with zero attached hydrogens (tertiary/aromatic N) is 2. The Balaban J connectivity index is 1.70. The number of anilines is 1. The summed E-state index contributed by atoms with van der Waals surface area (Å²) in [6.45, 7) is 6.39. The minimum Gasteiger partial charge on any atom is -0.364 e. The molecule has 7 heteroatoms. The third-order valence-corrected chi connectivity index (χ3v) is 5.47. The first-order chi connectivity index (χ1) is 10.8. The van der Waals surface area contributed by atoms with Gasteiger partial charge in [-0.05, 0) is 30.4 Å². The standard InChI is InChI=1S/C16H23ClN4OS/c1-16(2,3)14(22)18-8-11(9-4-5-9)19-13-12-10(6-7-23-12)20-15(17)21-13/h9,11H,4-8H2,1-3H3,(H,18,22)(H,19,20,21). The van der Waals surface area contributed by atoms with E-state index in [4.69, 9.17) is 11.6 Å². The molecule has 1 atom stereocenters. The van der Waals surface area contributed by atoms with Gasteiger partial charge in [-0.3, -0.25) is 4.79 Å². The van der Waals surface area contributed by atoms with Crippen LogP contribution in [0.25, 0.3) is 0 Å². The Kier molecular flexibility index (Phi) is 4.74. The van der Waals surface area contributed by atoms with Gasteiger partial charge in [0.25, 0.3) is 0 Å². The molecule has 126 valence electrons. The van der Waals surface area contributed by atoms with Crippen molar-refractivity contribution in [2.24, 2.45) is 11.3 Å². The van der Waals surface area contributed by atoms with Crippen LogP contribution in [0.3, 0.4) is 0 Å². The SMILES string of the molecule is CC(C)(C)C(=O)NCC(Nc1nc(Cl)nc2c1SCC2)C1CC1. The molecule has 0 aromatic carbocycles. The van der Waals surface area contributed by atoms with Crippen LogP contribution in [0, 0.1) is 11.3 Å². The Morgan fingerprint density at radius 3 is 2.78 bits per heavy atom. The number of amides is 1. The molecular weight excluding hydrogens is 332 g/mol. The highest BCUT2D eigenvalue weighted by Crippen LogP contribution is 2.39. The van der Waals surface area contributed by atoms with Gasteiger partial charge in [-0.25, -0.2) is 4.98 Å². The second kappa shape index (κ2) is 6.48. The molecule has 2 aliphatic rings. The third-order valence-electron chi connectivity index (χ3n) is 4.17. The molecule has 1 amide bonds. The van der Waals surface area contributed by atoms with E-state index < -0.39 is 0 Å². The molecule has 0 bridgehead atoms. The lowest BCUT2D eigenvalue weighted by molar-refractivity contribution is -0.128. The van der Waals surface area contributed by atoms with E-state index in [9.17, 15) is 4.79 Å². The molecule has 23 heavy (non-hydrogen) atoms. The highest BCUT2D eigenvalue weighted by molar-refractivity contribution is 7.99. The first-order valence-corrected chi connectivity index (χ1v) is 9.45. The molecule has 0 spiro atoms. The van der Waals surface area contributed by atoms with Gasteiger partial charge in [0.1, 0.15) is 5.82 Å². The summed E-state index contributed by atoms with van der Waals surface area (Å²) in [4.78, 5) is 21.9. The Labute approximate surface area is 146 Å². The number of thioether (sulfide) groups is 1. The number of aryl methyl sites for hydroxylation is 1. The summed E-state index contributed by atoms with van der Waals surface area (Å²) in [6.07, 6.45) is 3.32. The van der Waals surface area contributed by atoms with Crippen LogP contribution in [0.4, 0.5) is 5.82 Å². The molecule has 1 unspecified atom stereocenters. The molecular formula is C16H23ClN4OS. The highest BCUT2D eigenvalue weighted by atomic mass is 35.5. The van der Waals surface area contributed by atoms with Crippen molar-refractivity contribution in [1.82, 2.24) is 15.3 Å². The van der Waals surface area contributed by atoms with Crippen LogP contribution < -0.4 is 10.6 Å². The Bertz CT molecular complexity index is 613. The summed E-state index contributed by atoms with van der Waals surface area (Å²) >= 11 is 7.83. The lowest BCUT2D eigenvalue weighted by atomic mass is 9.95. The normalized spacial score (nSPS) is 18.4. The minimum absolute atomic E-state index is 0.0743. The van der Waals surface area contributed by atoms with E-state index in [0.717, 1.165) is 28.6 Å². The molecule has 3 rings (SSSR count). The van der Waals surface area contributed by atoms with Gasteiger partial charge in [-0.1, -0.05) is 20.8 Å². The van der Waals surface area contributed by atoms with Gasteiger partial charge < -0.3 is 10.6 Å². The number of fused-ring (bicyclic) bond motifs is 1. The summed E-state index contributed by atoms with van der Waals surface area (Å²) in [6, 6.07) is 0.192. The van der Waals surface area contributed by atoms with Crippen molar-refractivity contribution in [1.29, 1.82) is 0 Å². The molecule has 1 fully saturated rings. The predicted octanol–water partition coefficient (Wildman–Crippen LogP) is 3.13. The summed E-state index contributed by atoms with van der Waals surface area (Å²) in [5, 5.41) is 6.87. The maximum absolute atomic E-state index is 12.1. The number of carbonyl (C=O) groups is 1. The van der Waals surface area contributed by atoms with Crippen LogP contribution in [0.2, 0.25) is 5.28 Å². The average Bonchev–Trinajstić information content (AvgIpc) is 3.20. The van der Waals surface area contributed by atoms with Crippen molar-refractivity contribution in [2.75, 3.05) is 17.6 Å². The quantitative estimate of drug-likeness (QED) is 0.795. The second-order valence-corrected chi connectivity index (χ2v) is 8.71. The Hall–Kier alpha value is -1.01. The number of hydrogen-bond acceptors (Lipinski definition) is 5. The largest absolute Gasteiger partial charge is 0.364 e. The number of carbonyl (C=O) groups excluding carboxylic acids is 1. The third kappa shape index (κ3) is 4.10. The summed E-state index contributed by atoms with van der Waals surface area (Å²) in [5.74, 6) is 2.51. The maximum atomic E-state index is 12.1. The second-order valence-electron chi connectivity index (χ2n) is 7.26. The van der Waals surface area contributed by atoms with Gasteiger partial charge in [-0.2, -0.15) is 4.98 Å².